The van der Waals surface area contributed by atoms with Crippen molar-refractivity contribution in [3.63, 3.8) is 0 Å². The van der Waals surface area contributed by atoms with Crippen molar-refractivity contribution in [1.82, 2.24) is 4.72 Å². The van der Waals surface area contributed by atoms with Crippen LogP contribution in [0.15, 0.2) is 23.1 Å². The van der Waals surface area contributed by atoms with E-state index in [0.29, 0.717) is 0 Å². The summed E-state index contributed by atoms with van der Waals surface area (Å²) < 4.78 is 40.9. The maximum absolute atomic E-state index is 13.4. The molecule has 0 heterocycles. The molecule has 0 bridgehead atoms. The Morgan fingerprint density at radius 1 is 1.45 bits per heavy atom. The van der Waals surface area contributed by atoms with Gasteiger partial charge in [0, 0.05) is 18.2 Å². The molecular weight excluding hydrogens is 279 g/mol. The summed E-state index contributed by atoms with van der Waals surface area (Å²) in [5.74, 6) is -0.479. The summed E-state index contributed by atoms with van der Waals surface area (Å²) in [5.41, 5.74) is 5.57. The summed E-state index contributed by atoms with van der Waals surface area (Å²) >= 11 is 0. The van der Waals surface area contributed by atoms with Gasteiger partial charge in [0.05, 0.1) is 4.90 Å². The van der Waals surface area contributed by atoms with E-state index in [1.54, 1.807) is 0 Å². The number of hydrogen-bond donors (Lipinski definition) is 2. The van der Waals surface area contributed by atoms with E-state index >= 15 is 0 Å². The molecule has 1 unspecified atom stereocenters. The molecule has 1 aromatic rings. The third kappa shape index (κ3) is 3.02. The van der Waals surface area contributed by atoms with Gasteiger partial charge in [-0.25, -0.2) is 17.5 Å². The molecule has 20 heavy (non-hydrogen) atoms. The van der Waals surface area contributed by atoms with E-state index in [-0.39, 0.29) is 28.5 Å². The highest BCUT2D eigenvalue weighted by Gasteiger charge is 2.37. The summed E-state index contributed by atoms with van der Waals surface area (Å²) in [6.07, 6.45) is 2.84. The summed E-state index contributed by atoms with van der Waals surface area (Å²) in [5, 5.41) is 0. The fourth-order valence-corrected chi connectivity index (χ4v) is 4.17. The van der Waals surface area contributed by atoms with Gasteiger partial charge in [0.1, 0.15) is 5.82 Å². The van der Waals surface area contributed by atoms with Crippen LogP contribution in [0.5, 0.6) is 0 Å². The van der Waals surface area contributed by atoms with Crippen LogP contribution < -0.4 is 10.5 Å². The Labute approximate surface area is 119 Å². The second-order valence-corrected chi connectivity index (χ2v) is 7.73. The molecule has 2 rings (SSSR count). The molecule has 0 spiro atoms. The first-order chi connectivity index (χ1) is 9.26. The van der Waals surface area contributed by atoms with Gasteiger partial charge in [-0.1, -0.05) is 20.3 Å². The van der Waals surface area contributed by atoms with Crippen molar-refractivity contribution < 1.29 is 12.8 Å². The van der Waals surface area contributed by atoms with Crippen LogP contribution in [-0.4, -0.2) is 14.5 Å². The number of hydrogen-bond acceptors (Lipinski definition) is 3. The van der Waals surface area contributed by atoms with Crippen molar-refractivity contribution in [3.05, 3.63) is 29.6 Å². The number of sulfonamides is 1. The largest absolute Gasteiger partial charge is 0.326 e. The standard InChI is InChI=1S/C14H21FN2O2S/c1-14(2)7-3-4-13(14)17-20(18,19)11-5-6-12(15)10(8-11)9-16/h5-6,8,13,17H,3-4,7,9,16H2,1-2H3. The number of nitrogens with two attached hydrogens (primary N) is 1. The molecule has 1 saturated carbocycles. The quantitative estimate of drug-likeness (QED) is 0.895. The average Bonchev–Trinajstić information content (AvgIpc) is 2.68. The minimum Gasteiger partial charge on any atom is -0.326 e. The van der Waals surface area contributed by atoms with Crippen LogP contribution in [0.3, 0.4) is 0 Å². The lowest BCUT2D eigenvalue weighted by atomic mass is 9.88. The van der Waals surface area contributed by atoms with Crippen molar-refractivity contribution in [2.45, 2.75) is 50.6 Å². The van der Waals surface area contributed by atoms with Gasteiger partial charge in [0.15, 0.2) is 0 Å². The van der Waals surface area contributed by atoms with Crippen molar-refractivity contribution in [1.29, 1.82) is 0 Å². The average molecular weight is 300 g/mol. The minimum atomic E-state index is -3.64. The zero-order valence-corrected chi connectivity index (χ0v) is 12.6. The zero-order chi connectivity index (χ0) is 15.0. The SMILES string of the molecule is CC1(C)CCCC1NS(=O)(=O)c1ccc(F)c(CN)c1. The second kappa shape index (κ2) is 5.42. The van der Waals surface area contributed by atoms with E-state index in [4.69, 9.17) is 5.73 Å². The van der Waals surface area contributed by atoms with Gasteiger partial charge in [-0.05, 0) is 36.5 Å². The fraction of sp³-hybridized carbons (Fsp3) is 0.571. The van der Waals surface area contributed by atoms with Crippen molar-refractivity contribution >= 4 is 10.0 Å². The van der Waals surface area contributed by atoms with Gasteiger partial charge in [-0.15, -0.1) is 0 Å². The van der Waals surface area contributed by atoms with Crippen LogP contribution in [-0.2, 0) is 16.6 Å². The number of rotatable bonds is 4. The predicted molar refractivity (Wildman–Crippen MR) is 76.0 cm³/mol. The monoisotopic (exact) mass is 300 g/mol. The molecule has 6 heteroatoms. The van der Waals surface area contributed by atoms with E-state index in [1.165, 1.54) is 12.1 Å². The smallest absolute Gasteiger partial charge is 0.240 e. The molecule has 1 aromatic carbocycles. The molecule has 0 amide bonds. The predicted octanol–water partition coefficient (Wildman–Crippen LogP) is 2.14. The van der Waals surface area contributed by atoms with E-state index in [2.05, 4.69) is 18.6 Å². The van der Waals surface area contributed by atoms with Gasteiger partial charge in [-0.3, -0.25) is 0 Å². The topological polar surface area (TPSA) is 72.2 Å². The van der Waals surface area contributed by atoms with Crippen LogP contribution in [0.4, 0.5) is 4.39 Å². The Hall–Kier alpha value is -0.980. The lowest BCUT2D eigenvalue weighted by Gasteiger charge is -2.27. The summed E-state index contributed by atoms with van der Waals surface area (Å²) in [6.45, 7) is 4.09. The van der Waals surface area contributed by atoms with E-state index < -0.39 is 15.8 Å². The molecule has 0 saturated heterocycles. The normalized spacial score (nSPS) is 22.1. The van der Waals surface area contributed by atoms with E-state index in [0.717, 1.165) is 25.3 Å². The van der Waals surface area contributed by atoms with Gasteiger partial charge in [0.2, 0.25) is 10.0 Å². The van der Waals surface area contributed by atoms with Crippen LogP contribution in [0.1, 0.15) is 38.7 Å². The van der Waals surface area contributed by atoms with Crippen molar-refractivity contribution in [2.24, 2.45) is 11.1 Å². The molecule has 1 aliphatic rings. The van der Waals surface area contributed by atoms with Crippen LogP contribution in [0.2, 0.25) is 0 Å². The fourth-order valence-electron chi connectivity index (χ4n) is 2.68. The summed E-state index contributed by atoms with van der Waals surface area (Å²) in [6, 6.07) is 3.65. The summed E-state index contributed by atoms with van der Waals surface area (Å²) in [7, 11) is -3.64. The summed E-state index contributed by atoms with van der Waals surface area (Å²) in [4.78, 5) is 0.0713. The molecule has 112 valence electrons. The van der Waals surface area contributed by atoms with Gasteiger partial charge in [0.25, 0.3) is 0 Å². The second-order valence-electron chi connectivity index (χ2n) is 6.01. The Morgan fingerprint density at radius 3 is 2.70 bits per heavy atom. The highest BCUT2D eigenvalue weighted by atomic mass is 32.2. The van der Waals surface area contributed by atoms with Gasteiger partial charge < -0.3 is 5.73 Å². The minimum absolute atomic E-state index is 0.0237. The first-order valence-corrected chi connectivity index (χ1v) is 8.25. The van der Waals surface area contributed by atoms with Crippen LogP contribution in [0.25, 0.3) is 0 Å². The third-order valence-corrected chi connectivity index (χ3v) is 5.57. The van der Waals surface area contributed by atoms with E-state index in [9.17, 15) is 12.8 Å². The number of nitrogens with one attached hydrogen (secondary N) is 1. The first-order valence-electron chi connectivity index (χ1n) is 6.77. The number of halogens is 1. The molecule has 1 fully saturated rings. The molecular formula is C14H21FN2O2S. The van der Waals surface area contributed by atoms with Crippen molar-refractivity contribution in [3.8, 4) is 0 Å². The first kappa shape index (κ1) is 15.4. The Balaban J connectivity index is 2.27. The van der Waals surface area contributed by atoms with Gasteiger partial charge >= 0.3 is 0 Å². The maximum Gasteiger partial charge on any atom is 0.240 e. The lowest BCUT2D eigenvalue weighted by molar-refractivity contribution is 0.313. The Kier molecular flexibility index (Phi) is 4.18. The molecule has 3 N–H and O–H groups in total. The van der Waals surface area contributed by atoms with Gasteiger partial charge in [-0.2, -0.15) is 0 Å². The van der Waals surface area contributed by atoms with Crippen LogP contribution >= 0.6 is 0 Å². The third-order valence-electron chi connectivity index (χ3n) is 4.10. The Bertz CT molecular complexity index is 599. The zero-order valence-electron chi connectivity index (χ0n) is 11.8. The van der Waals surface area contributed by atoms with Crippen molar-refractivity contribution in [2.75, 3.05) is 0 Å². The molecule has 1 atom stereocenters. The highest BCUT2D eigenvalue weighted by Crippen LogP contribution is 2.37. The lowest BCUT2D eigenvalue weighted by Crippen LogP contribution is -2.41. The molecule has 4 nitrogen and oxygen atoms in total. The van der Waals surface area contributed by atoms with Crippen LogP contribution in [0, 0.1) is 11.2 Å². The van der Waals surface area contributed by atoms with E-state index in [1.807, 2.05) is 0 Å². The Morgan fingerprint density at radius 2 is 2.15 bits per heavy atom. The molecule has 1 aliphatic carbocycles. The molecule has 0 aliphatic heterocycles. The number of benzene rings is 1. The highest BCUT2D eigenvalue weighted by molar-refractivity contribution is 7.89. The maximum atomic E-state index is 13.4. The molecule has 0 aromatic heterocycles. The molecule has 0 radical (unpaired) electrons.